The van der Waals surface area contributed by atoms with Crippen molar-refractivity contribution in [3.63, 3.8) is 0 Å². The minimum Gasteiger partial charge on any atom is -0.508 e. The van der Waals surface area contributed by atoms with Gasteiger partial charge in [0.2, 0.25) is 0 Å². The molecule has 1 N–H and O–H groups in total. The van der Waals surface area contributed by atoms with E-state index in [1.807, 2.05) is 54.6 Å². The number of rotatable bonds is 5. The van der Waals surface area contributed by atoms with Gasteiger partial charge in [-0.1, -0.05) is 36.4 Å². The first kappa shape index (κ1) is 17.4. The average Bonchev–Trinajstić information content (AvgIpc) is 2.72. The van der Waals surface area contributed by atoms with Gasteiger partial charge in [0.1, 0.15) is 17.2 Å². The Morgan fingerprint density at radius 3 is 2.15 bits per heavy atom. The SMILES string of the molecule is Oc1ccc(N2CCN(Cc3ccccc3Oc3ccccc3)CC2)cc1. The van der Waals surface area contributed by atoms with Crippen molar-refractivity contribution in [1.82, 2.24) is 4.90 Å². The van der Waals surface area contributed by atoms with Crippen LogP contribution in [0.4, 0.5) is 5.69 Å². The van der Waals surface area contributed by atoms with Gasteiger partial charge in [0.15, 0.2) is 0 Å². The molecule has 3 aromatic rings. The summed E-state index contributed by atoms with van der Waals surface area (Å²) < 4.78 is 6.09. The fourth-order valence-electron chi connectivity index (χ4n) is 3.42. The molecule has 27 heavy (non-hydrogen) atoms. The first-order valence-corrected chi connectivity index (χ1v) is 9.35. The predicted molar refractivity (Wildman–Crippen MR) is 109 cm³/mol. The normalized spacial score (nSPS) is 14.9. The lowest BCUT2D eigenvalue weighted by molar-refractivity contribution is 0.247. The van der Waals surface area contributed by atoms with Crippen LogP contribution in [-0.2, 0) is 6.54 Å². The molecule has 0 aromatic heterocycles. The van der Waals surface area contributed by atoms with Crippen LogP contribution in [-0.4, -0.2) is 36.2 Å². The maximum absolute atomic E-state index is 9.45. The van der Waals surface area contributed by atoms with Crippen molar-refractivity contribution < 1.29 is 9.84 Å². The van der Waals surface area contributed by atoms with Crippen molar-refractivity contribution in [2.75, 3.05) is 31.1 Å². The van der Waals surface area contributed by atoms with Crippen LogP contribution >= 0.6 is 0 Å². The molecule has 1 heterocycles. The predicted octanol–water partition coefficient (Wildman–Crippen LogP) is 4.51. The lowest BCUT2D eigenvalue weighted by atomic mass is 10.1. The third-order valence-corrected chi connectivity index (χ3v) is 4.92. The highest BCUT2D eigenvalue weighted by Gasteiger charge is 2.18. The van der Waals surface area contributed by atoms with Gasteiger partial charge in [-0.25, -0.2) is 0 Å². The summed E-state index contributed by atoms with van der Waals surface area (Å²) in [6, 6.07) is 25.7. The number of phenols is 1. The molecule has 0 unspecified atom stereocenters. The largest absolute Gasteiger partial charge is 0.508 e. The highest BCUT2D eigenvalue weighted by molar-refractivity contribution is 5.49. The summed E-state index contributed by atoms with van der Waals surface area (Å²) in [7, 11) is 0. The second kappa shape index (κ2) is 8.14. The smallest absolute Gasteiger partial charge is 0.131 e. The van der Waals surface area contributed by atoms with Crippen LogP contribution in [0, 0.1) is 0 Å². The molecule has 0 aliphatic carbocycles. The maximum Gasteiger partial charge on any atom is 0.131 e. The molecule has 1 fully saturated rings. The minimum absolute atomic E-state index is 0.312. The Bertz CT molecular complexity index is 857. The number of para-hydroxylation sites is 2. The Kier molecular flexibility index (Phi) is 5.26. The van der Waals surface area contributed by atoms with Crippen LogP contribution in [0.1, 0.15) is 5.56 Å². The van der Waals surface area contributed by atoms with Crippen LogP contribution in [0.15, 0.2) is 78.9 Å². The van der Waals surface area contributed by atoms with Crippen LogP contribution < -0.4 is 9.64 Å². The zero-order chi connectivity index (χ0) is 18.5. The van der Waals surface area contributed by atoms with E-state index in [0.29, 0.717) is 5.75 Å². The number of aromatic hydroxyl groups is 1. The van der Waals surface area contributed by atoms with Gasteiger partial charge in [0, 0.05) is 44.0 Å². The Morgan fingerprint density at radius 2 is 1.41 bits per heavy atom. The summed E-state index contributed by atoms with van der Waals surface area (Å²) in [6.45, 7) is 4.84. The molecule has 138 valence electrons. The van der Waals surface area contributed by atoms with Crippen LogP contribution in [0.5, 0.6) is 17.2 Å². The van der Waals surface area contributed by atoms with Gasteiger partial charge < -0.3 is 14.7 Å². The third kappa shape index (κ3) is 4.41. The molecule has 4 rings (SSSR count). The van der Waals surface area contributed by atoms with Crippen molar-refractivity contribution in [2.24, 2.45) is 0 Å². The fraction of sp³-hybridized carbons (Fsp3) is 0.217. The Labute approximate surface area is 160 Å². The molecule has 0 spiro atoms. The quantitative estimate of drug-likeness (QED) is 0.726. The monoisotopic (exact) mass is 360 g/mol. The van der Waals surface area contributed by atoms with E-state index in [0.717, 1.165) is 44.2 Å². The van der Waals surface area contributed by atoms with E-state index >= 15 is 0 Å². The lowest BCUT2D eigenvalue weighted by Gasteiger charge is -2.36. The summed E-state index contributed by atoms with van der Waals surface area (Å²) >= 11 is 0. The van der Waals surface area contributed by atoms with Crippen molar-refractivity contribution in [1.29, 1.82) is 0 Å². The molecular formula is C23H24N2O2. The molecule has 0 radical (unpaired) electrons. The molecule has 0 bridgehead atoms. The number of nitrogens with zero attached hydrogens (tertiary/aromatic N) is 2. The van der Waals surface area contributed by atoms with Crippen molar-refractivity contribution in [2.45, 2.75) is 6.54 Å². The summed E-state index contributed by atoms with van der Waals surface area (Å²) in [6.07, 6.45) is 0. The summed E-state index contributed by atoms with van der Waals surface area (Å²) in [5, 5.41) is 9.45. The molecule has 4 nitrogen and oxygen atoms in total. The summed E-state index contributed by atoms with van der Waals surface area (Å²) in [5.74, 6) is 2.10. The highest BCUT2D eigenvalue weighted by atomic mass is 16.5. The number of piperazine rings is 1. The topological polar surface area (TPSA) is 35.9 Å². The Balaban J connectivity index is 1.38. The molecule has 3 aromatic carbocycles. The number of ether oxygens (including phenoxy) is 1. The maximum atomic E-state index is 9.45. The van der Waals surface area contributed by atoms with E-state index in [2.05, 4.69) is 21.9 Å². The van der Waals surface area contributed by atoms with Gasteiger partial charge in [0.25, 0.3) is 0 Å². The van der Waals surface area contributed by atoms with Gasteiger partial charge in [-0.2, -0.15) is 0 Å². The van der Waals surface area contributed by atoms with Gasteiger partial charge in [-0.05, 0) is 42.5 Å². The summed E-state index contributed by atoms with van der Waals surface area (Å²) in [5.41, 5.74) is 2.37. The van der Waals surface area contributed by atoms with Gasteiger partial charge in [0.05, 0.1) is 0 Å². The molecule has 1 aliphatic heterocycles. The second-order valence-electron chi connectivity index (χ2n) is 6.80. The molecule has 4 heteroatoms. The number of phenolic OH excluding ortho intramolecular Hbond substituents is 1. The van der Waals surface area contributed by atoms with Crippen LogP contribution in [0.25, 0.3) is 0 Å². The van der Waals surface area contributed by atoms with Gasteiger partial charge >= 0.3 is 0 Å². The molecule has 0 amide bonds. The van der Waals surface area contributed by atoms with E-state index in [4.69, 9.17) is 4.74 Å². The number of benzene rings is 3. The number of hydrogen-bond donors (Lipinski definition) is 1. The highest BCUT2D eigenvalue weighted by Crippen LogP contribution is 2.27. The first-order chi connectivity index (χ1) is 13.3. The molecule has 0 atom stereocenters. The van der Waals surface area contributed by atoms with E-state index in [9.17, 15) is 5.11 Å². The fourth-order valence-corrected chi connectivity index (χ4v) is 3.42. The van der Waals surface area contributed by atoms with E-state index in [1.165, 1.54) is 11.3 Å². The molecule has 1 saturated heterocycles. The van der Waals surface area contributed by atoms with Crippen molar-refractivity contribution in [3.8, 4) is 17.2 Å². The van der Waals surface area contributed by atoms with Crippen LogP contribution in [0.3, 0.4) is 0 Å². The van der Waals surface area contributed by atoms with E-state index in [1.54, 1.807) is 12.1 Å². The van der Waals surface area contributed by atoms with E-state index in [-0.39, 0.29) is 0 Å². The molecular weight excluding hydrogens is 336 g/mol. The Hall–Kier alpha value is -2.98. The molecule has 1 aliphatic rings. The lowest BCUT2D eigenvalue weighted by Crippen LogP contribution is -2.45. The zero-order valence-corrected chi connectivity index (χ0v) is 15.3. The Morgan fingerprint density at radius 1 is 0.741 bits per heavy atom. The van der Waals surface area contributed by atoms with Crippen LogP contribution in [0.2, 0.25) is 0 Å². The standard InChI is InChI=1S/C23H24N2O2/c26-21-12-10-20(11-13-21)25-16-14-24(15-17-25)18-19-6-4-5-9-23(19)27-22-7-2-1-3-8-22/h1-13,26H,14-18H2. The van der Waals surface area contributed by atoms with Crippen molar-refractivity contribution in [3.05, 3.63) is 84.4 Å². The average molecular weight is 360 g/mol. The number of anilines is 1. The van der Waals surface area contributed by atoms with E-state index < -0.39 is 0 Å². The van der Waals surface area contributed by atoms with Gasteiger partial charge in [-0.3, -0.25) is 4.90 Å². The second-order valence-corrected chi connectivity index (χ2v) is 6.80. The first-order valence-electron chi connectivity index (χ1n) is 9.35. The minimum atomic E-state index is 0.312. The third-order valence-electron chi connectivity index (χ3n) is 4.92. The zero-order valence-electron chi connectivity index (χ0n) is 15.3. The van der Waals surface area contributed by atoms with Gasteiger partial charge in [-0.15, -0.1) is 0 Å². The summed E-state index contributed by atoms with van der Waals surface area (Å²) in [4.78, 5) is 4.83. The number of hydrogen-bond acceptors (Lipinski definition) is 4. The van der Waals surface area contributed by atoms with Crippen molar-refractivity contribution >= 4 is 5.69 Å². The molecule has 0 saturated carbocycles.